The summed E-state index contributed by atoms with van der Waals surface area (Å²) >= 11 is 0. The van der Waals surface area contributed by atoms with Gasteiger partial charge in [0.25, 0.3) is 0 Å². The lowest BCUT2D eigenvalue weighted by molar-refractivity contribution is -0.148. The Balaban J connectivity index is 2.81. The number of benzene rings is 1. The Bertz CT molecular complexity index is 459. The van der Waals surface area contributed by atoms with Crippen molar-refractivity contribution in [1.29, 1.82) is 0 Å². The zero-order chi connectivity index (χ0) is 13.8. The van der Waals surface area contributed by atoms with Crippen LogP contribution in [-0.4, -0.2) is 16.7 Å². The fraction of sp³-hybridized carbons (Fsp3) is 0.357. The zero-order valence-corrected chi connectivity index (χ0v) is 10.7. The molecule has 0 bridgehead atoms. The van der Waals surface area contributed by atoms with Crippen LogP contribution in [-0.2, 0) is 16.1 Å². The SMILES string of the molecule is CC(C)(C)OC(=O)/C=C/c1ccc(F)cc1CO. The number of ether oxygens (including phenoxy) is 1. The summed E-state index contributed by atoms with van der Waals surface area (Å²) in [5.74, 6) is -0.899. The van der Waals surface area contributed by atoms with Crippen molar-refractivity contribution >= 4 is 12.0 Å². The Hall–Kier alpha value is -1.68. The van der Waals surface area contributed by atoms with E-state index in [2.05, 4.69) is 0 Å². The largest absolute Gasteiger partial charge is 0.457 e. The maximum absolute atomic E-state index is 12.9. The highest BCUT2D eigenvalue weighted by atomic mass is 19.1. The molecule has 0 fully saturated rings. The van der Waals surface area contributed by atoms with Gasteiger partial charge in [-0.25, -0.2) is 9.18 Å². The van der Waals surface area contributed by atoms with Crippen molar-refractivity contribution in [2.75, 3.05) is 0 Å². The lowest BCUT2D eigenvalue weighted by Gasteiger charge is -2.17. The number of hydrogen-bond acceptors (Lipinski definition) is 3. The molecule has 1 aromatic rings. The zero-order valence-electron chi connectivity index (χ0n) is 10.7. The van der Waals surface area contributed by atoms with Gasteiger partial charge in [0.15, 0.2) is 0 Å². The monoisotopic (exact) mass is 252 g/mol. The molecule has 98 valence electrons. The summed E-state index contributed by atoms with van der Waals surface area (Å²) in [4.78, 5) is 11.5. The van der Waals surface area contributed by atoms with Crippen LogP contribution in [0.1, 0.15) is 31.9 Å². The van der Waals surface area contributed by atoms with E-state index in [1.54, 1.807) is 20.8 Å². The standard InChI is InChI=1S/C14H17FO3/c1-14(2,3)18-13(17)7-5-10-4-6-12(15)8-11(10)9-16/h4-8,16H,9H2,1-3H3/b7-5+. The molecule has 0 unspecified atom stereocenters. The lowest BCUT2D eigenvalue weighted by Crippen LogP contribution is -2.22. The summed E-state index contributed by atoms with van der Waals surface area (Å²) in [6.07, 6.45) is 2.76. The fourth-order valence-corrected chi connectivity index (χ4v) is 1.37. The van der Waals surface area contributed by atoms with Crippen LogP contribution in [0, 0.1) is 5.82 Å². The van der Waals surface area contributed by atoms with Crippen molar-refractivity contribution in [3.05, 3.63) is 41.2 Å². The first kappa shape index (κ1) is 14.4. The van der Waals surface area contributed by atoms with Gasteiger partial charge in [-0.2, -0.15) is 0 Å². The average molecular weight is 252 g/mol. The molecule has 0 saturated carbocycles. The highest BCUT2D eigenvalue weighted by molar-refractivity contribution is 5.87. The third kappa shape index (κ3) is 4.67. The highest BCUT2D eigenvalue weighted by Gasteiger charge is 2.13. The summed E-state index contributed by atoms with van der Waals surface area (Å²) in [6, 6.07) is 4.00. The predicted molar refractivity (Wildman–Crippen MR) is 67.2 cm³/mol. The topological polar surface area (TPSA) is 46.5 Å². The van der Waals surface area contributed by atoms with E-state index in [9.17, 15) is 9.18 Å². The Labute approximate surface area is 106 Å². The van der Waals surface area contributed by atoms with Crippen LogP contribution in [0.2, 0.25) is 0 Å². The maximum atomic E-state index is 12.9. The van der Waals surface area contributed by atoms with Gasteiger partial charge in [0.05, 0.1) is 6.61 Å². The molecule has 0 aliphatic heterocycles. The van der Waals surface area contributed by atoms with Crippen LogP contribution in [0.25, 0.3) is 6.08 Å². The van der Waals surface area contributed by atoms with Gasteiger partial charge >= 0.3 is 5.97 Å². The molecule has 0 radical (unpaired) electrons. The third-order valence-electron chi connectivity index (χ3n) is 2.08. The lowest BCUT2D eigenvalue weighted by atomic mass is 10.1. The first-order valence-corrected chi connectivity index (χ1v) is 5.62. The van der Waals surface area contributed by atoms with Crippen LogP contribution in [0.5, 0.6) is 0 Å². The average Bonchev–Trinajstić information content (AvgIpc) is 2.24. The number of aliphatic hydroxyl groups is 1. The summed E-state index contributed by atoms with van der Waals surface area (Å²) in [5.41, 5.74) is 0.462. The molecule has 4 heteroatoms. The van der Waals surface area contributed by atoms with E-state index in [1.165, 1.54) is 30.4 Å². The second-order valence-corrected chi connectivity index (χ2v) is 4.87. The van der Waals surface area contributed by atoms with E-state index < -0.39 is 17.4 Å². The van der Waals surface area contributed by atoms with Gasteiger partial charge in [-0.1, -0.05) is 6.07 Å². The van der Waals surface area contributed by atoms with Crippen molar-refractivity contribution < 1.29 is 19.0 Å². The number of hydrogen-bond donors (Lipinski definition) is 1. The maximum Gasteiger partial charge on any atom is 0.331 e. The van der Waals surface area contributed by atoms with Gasteiger partial charge in [-0.15, -0.1) is 0 Å². The molecular weight excluding hydrogens is 235 g/mol. The predicted octanol–water partition coefficient (Wildman–Crippen LogP) is 2.67. The van der Waals surface area contributed by atoms with E-state index in [0.29, 0.717) is 11.1 Å². The van der Waals surface area contributed by atoms with E-state index in [4.69, 9.17) is 9.84 Å². The molecule has 0 aliphatic rings. The molecule has 0 heterocycles. The second kappa shape index (κ2) is 5.78. The number of carbonyl (C=O) groups is 1. The van der Waals surface area contributed by atoms with Gasteiger partial charge in [-0.3, -0.25) is 0 Å². The minimum Gasteiger partial charge on any atom is -0.457 e. The van der Waals surface area contributed by atoms with Crippen molar-refractivity contribution in [2.45, 2.75) is 33.0 Å². The van der Waals surface area contributed by atoms with E-state index in [0.717, 1.165) is 0 Å². The first-order chi connectivity index (χ1) is 8.31. The third-order valence-corrected chi connectivity index (χ3v) is 2.08. The summed E-state index contributed by atoms with van der Waals surface area (Å²) in [5, 5.41) is 9.08. The van der Waals surface area contributed by atoms with Crippen molar-refractivity contribution in [1.82, 2.24) is 0 Å². The Kier molecular flexibility index (Phi) is 4.62. The smallest absolute Gasteiger partial charge is 0.331 e. The van der Waals surface area contributed by atoms with Crippen LogP contribution in [0.15, 0.2) is 24.3 Å². The summed E-state index contributed by atoms with van der Waals surface area (Å²) < 4.78 is 18.0. The van der Waals surface area contributed by atoms with Gasteiger partial charge in [0, 0.05) is 6.08 Å². The minimum absolute atomic E-state index is 0.286. The van der Waals surface area contributed by atoms with Crippen molar-refractivity contribution in [3.8, 4) is 0 Å². The molecule has 1 rings (SSSR count). The van der Waals surface area contributed by atoms with Crippen molar-refractivity contribution in [2.24, 2.45) is 0 Å². The number of rotatable bonds is 3. The van der Waals surface area contributed by atoms with Crippen LogP contribution in [0.4, 0.5) is 4.39 Å². The van der Waals surface area contributed by atoms with Gasteiger partial charge in [-0.05, 0) is 50.1 Å². The number of carbonyl (C=O) groups excluding carboxylic acids is 1. The summed E-state index contributed by atoms with van der Waals surface area (Å²) in [7, 11) is 0. The molecule has 1 aromatic carbocycles. The van der Waals surface area contributed by atoms with Crippen LogP contribution < -0.4 is 0 Å². The molecule has 3 nitrogen and oxygen atoms in total. The molecule has 0 amide bonds. The van der Waals surface area contributed by atoms with Crippen LogP contribution >= 0.6 is 0 Å². The van der Waals surface area contributed by atoms with E-state index in [-0.39, 0.29) is 6.61 Å². The van der Waals surface area contributed by atoms with E-state index in [1.807, 2.05) is 0 Å². The molecule has 0 aromatic heterocycles. The second-order valence-electron chi connectivity index (χ2n) is 4.87. The Morgan fingerprint density at radius 3 is 2.67 bits per heavy atom. The van der Waals surface area contributed by atoms with Gasteiger partial charge in [0.1, 0.15) is 11.4 Å². The molecule has 0 spiro atoms. The molecule has 0 saturated heterocycles. The fourth-order valence-electron chi connectivity index (χ4n) is 1.37. The Morgan fingerprint density at radius 2 is 2.11 bits per heavy atom. The molecule has 0 aliphatic carbocycles. The molecular formula is C14H17FO3. The summed E-state index contributed by atoms with van der Waals surface area (Å²) in [6.45, 7) is 5.03. The van der Waals surface area contributed by atoms with Crippen molar-refractivity contribution in [3.63, 3.8) is 0 Å². The number of esters is 1. The first-order valence-electron chi connectivity index (χ1n) is 5.62. The van der Waals surface area contributed by atoms with Crippen LogP contribution in [0.3, 0.4) is 0 Å². The number of aliphatic hydroxyl groups excluding tert-OH is 1. The Morgan fingerprint density at radius 1 is 1.44 bits per heavy atom. The highest BCUT2D eigenvalue weighted by Crippen LogP contribution is 2.14. The van der Waals surface area contributed by atoms with Gasteiger partial charge < -0.3 is 9.84 Å². The normalized spacial score (nSPS) is 11.8. The van der Waals surface area contributed by atoms with E-state index >= 15 is 0 Å². The quantitative estimate of drug-likeness (QED) is 0.664. The molecule has 1 N–H and O–H groups in total. The minimum atomic E-state index is -0.552. The van der Waals surface area contributed by atoms with Gasteiger partial charge in [0.2, 0.25) is 0 Å². The molecule has 18 heavy (non-hydrogen) atoms. The molecule has 0 atom stereocenters. The number of halogens is 1.